The molecule has 0 aromatic rings. The molecule has 0 aromatic carbocycles. The summed E-state index contributed by atoms with van der Waals surface area (Å²) in [6.45, 7) is 19.5. The van der Waals surface area contributed by atoms with Gasteiger partial charge >= 0.3 is 0 Å². The Labute approximate surface area is 393 Å². The number of Topliss-reactive ketones (excluding diaryl/α,β-unsaturated/α-hetero) is 2. The van der Waals surface area contributed by atoms with E-state index in [0.717, 1.165) is 11.1 Å². The smallest absolute Gasteiger partial charge is 0.144 e. The van der Waals surface area contributed by atoms with Gasteiger partial charge in [0.1, 0.15) is 11.6 Å². The molecule has 22 atom stereocenters. The van der Waals surface area contributed by atoms with E-state index in [9.17, 15) is 51.1 Å². The molecule has 12 heteroatoms. The van der Waals surface area contributed by atoms with Crippen LogP contribution < -0.4 is 0 Å². The molecule has 0 amide bonds. The molecule has 0 saturated heterocycles. The van der Waals surface area contributed by atoms with Crippen LogP contribution in [-0.4, -0.2) is 123 Å². The summed E-state index contributed by atoms with van der Waals surface area (Å²) < 4.78 is 0. The van der Waals surface area contributed by atoms with Crippen LogP contribution in [0.15, 0.2) is 22.3 Å². The third-order valence-corrected chi connectivity index (χ3v) is 20.9. The number of carbonyl (C=O) groups excluding carboxylic acids is 2. The van der Waals surface area contributed by atoms with Crippen molar-refractivity contribution in [1.82, 2.24) is 0 Å². The minimum absolute atomic E-state index is 0.0498. The van der Waals surface area contributed by atoms with Gasteiger partial charge in [-0.15, -0.1) is 0 Å². The molecule has 0 unspecified atom stereocenters. The SMILES string of the molecule is CC(C)CC[C@@H](O)[C@](C)(O)[C@H]1CCC2=C3[C@@H]([C@H]4C(=O)[C@@H]5C[C@@H](O)[C@@H](O)C[C@]5(C)[C@@H]5C4=C4CC[C@H]([C@@](C)(O)[C@H](O)CCC(C)C)[C@@]4(C)C[C@H]5O)C(=O)[C@@H]4C[C@@H](O)[C@@H](O)C[C@]4(C)[C@H]3[C@H](O)C[C@@]21C. The summed E-state index contributed by atoms with van der Waals surface area (Å²) in [4.78, 5) is 32.4. The van der Waals surface area contributed by atoms with Gasteiger partial charge in [-0.3, -0.25) is 9.59 Å². The van der Waals surface area contributed by atoms with Crippen molar-refractivity contribution in [3.05, 3.63) is 22.3 Å². The minimum Gasteiger partial charge on any atom is -0.392 e. The maximum absolute atomic E-state index is 16.2. The highest BCUT2D eigenvalue weighted by atomic mass is 16.3. The van der Waals surface area contributed by atoms with Crippen LogP contribution in [0.3, 0.4) is 0 Å². The minimum atomic E-state index is -1.56. The Bertz CT molecular complexity index is 1830. The summed E-state index contributed by atoms with van der Waals surface area (Å²) in [5.41, 5.74) is -3.87. The first-order chi connectivity index (χ1) is 30.5. The largest absolute Gasteiger partial charge is 0.392 e. The normalized spacial score (nSPS) is 48.5. The topological polar surface area (TPSA) is 236 Å². The van der Waals surface area contributed by atoms with Crippen molar-refractivity contribution < 1.29 is 60.7 Å². The lowest BCUT2D eigenvalue weighted by Gasteiger charge is -2.64. The molecular formula is C54H86O12. The quantitative estimate of drug-likeness (QED) is 0.124. The molecule has 0 heterocycles. The molecule has 8 aliphatic rings. The Hall–Kier alpha value is -1.58. The molecule has 0 aliphatic heterocycles. The van der Waals surface area contributed by atoms with Crippen molar-refractivity contribution in [2.45, 2.75) is 219 Å². The average molecular weight is 927 g/mol. The van der Waals surface area contributed by atoms with E-state index in [2.05, 4.69) is 27.7 Å². The number of aliphatic hydroxyl groups is 10. The van der Waals surface area contributed by atoms with Crippen LogP contribution in [0.2, 0.25) is 0 Å². The molecule has 0 spiro atoms. The molecule has 0 aromatic heterocycles. The number of allylic oxidation sites excluding steroid dienone is 2. The van der Waals surface area contributed by atoms with Gasteiger partial charge in [0, 0.05) is 23.7 Å². The highest BCUT2D eigenvalue weighted by molar-refractivity contribution is 5.99. The summed E-state index contributed by atoms with van der Waals surface area (Å²) in [7, 11) is 0. The summed E-state index contributed by atoms with van der Waals surface area (Å²) in [5, 5.41) is 119. The van der Waals surface area contributed by atoms with Gasteiger partial charge in [0.15, 0.2) is 0 Å². The first-order valence-electron chi connectivity index (χ1n) is 25.9. The molecule has 8 aliphatic carbocycles. The lowest BCUT2D eigenvalue weighted by Crippen LogP contribution is -2.66. The van der Waals surface area contributed by atoms with E-state index < -0.39 is 129 Å². The highest BCUT2D eigenvalue weighted by Crippen LogP contribution is 2.72. The molecule has 10 N–H and O–H groups in total. The van der Waals surface area contributed by atoms with Crippen molar-refractivity contribution >= 4 is 11.6 Å². The maximum Gasteiger partial charge on any atom is 0.144 e. The molecule has 66 heavy (non-hydrogen) atoms. The molecule has 0 bridgehead atoms. The number of hydrogen-bond acceptors (Lipinski definition) is 12. The lowest BCUT2D eigenvalue weighted by molar-refractivity contribution is -0.177. The van der Waals surface area contributed by atoms with Crippen LogP contribution in [0.5, 0.6) is 0 Å². The Kier molecular flexibility index (Phi) is 13.1. The molecule has 6 fully saturated rings. The number of carbonyl (C=O) groups is 2. The fourth-order valence-electron chi connectivity index (χ4n) is 17.6. The summed E-state index contributed by atoms with van der Waals surface area (Å²) in [5.74, 6) is -6.34. The van der Waals surface area contributed by atoms with E-state index in [-0.39, 0.29) is 50.1 Å². The zero-order valence-electron chi connectivity index (χ0n) is 41.6. The zero-order chi connectivity index (χ0) is 48.8. The van der Waals surface area contributed by atoms with E-state index in [1.807, 2.05) is 27.7 Å². The number of aliphatic hydroxyl groups excluding tert-OH is 8. The third-order valence-electron chi connectivity index (χ3n) is 20.9. The molecular weight excluding hydrogens is 841 g/mol. The first kappa shape index (κ1) is 50.8. The van der Waals surface area contributed by atoms with Crippen LogP contribution in [0.4, 0.5) is 0 Å². The van der Waals surface area contributed by atoms with Crippen molar-refractivity contribution in [3.63, 3.8) is 0 Å². The van der Waals surface area contributed by atoms with Crippen LogP contribution in [0, 0.1) is 80.8 Å². The van der Waals surface area contributed by atoms with Gasteiger partial charge in [-0.05, 0) is 149 Å². The fraction of sp³-hybridized carbons (Fsp3) is 0.889. The lowest BCUT2D eigenvalue weighted by atomic mass is 9.40. The van der Waals surface area contributed by atoms with Crippen molar-refractivity contribution in [2.75, 3.05) is 0 Å². The van der Waals surface area contributed by atoms with E-state index in [0.29, 0.717) is 74.3 Å². The van der Waals surface area contributed by atoms with Crippen LogP contribution in [-0.2, 0) is 9.59 Å². The van der Waals surface area contributed by atoms with Gasteiger partial charge in [-0.25, -0.2) is 0 Å². The highest BCUT2D eigenvalue weighted by Gasteiger charge is 2.72. The molecule has 374 valence electrons. The van der Waals surface area contributed by atoms with E-state index in [1.54, 1.807) is 13.8 Å². The number of fused-ring (bicyclic) bond motifs is 8. The second-order valence-electron chi connectivity index (χ2n) is 25.8. The second-order valence-corrected chi connectivity index (χ2v) is 25.8. The van der Waals surface area contributed by atoms with Gasteiger partial charge < -0.3 is 51.1 Å². The maximum atomic E-state index is 16.2. The van der Waals surface area contributed by atoms with Gasteiger partial charge in [0.2, 0.25) is 0 Å². The summed E-state index contributed by atoms with van der Waals surface area (Å²) >= 11 is 0. The summed E-state index contributed by atoms with van der Waals surface area (Å²) in [6, 6.07) is 0. The number of rotatable bonds is 11. The van der Waals surface area contributed by atoms with E-state index in [1.165, 1.54) is 0 Å². The Morgan fingerprint density at radius 2 is 0.864 bits per heavy atom. The summed E-state index contributed by atoms with van der Waals surface area (Å²) in [6.07, 6.45) is -4.54. The monoisotopic (exact) mass is 927 g/mol. The van der Waals surface area contributed by atoms with Crippen molar-refractivity contribution in [1.29, 1.82) is 0 Å². The first-order valence-corrected chi connectivity index (χ1v) is 25.9. The van der Waals surface area contributed by atoms with Gasteiger partial charge in [0.05, 0.1) is 71.9 Å². The number of ketones is 2. The van der Waals surface area contributed by atoms with Crippen molar-refractivity contribution in [3.8, 4) is 0 Å². The fourth-order valence-corrected chi connectivity index (χ4v) is 17.6. The predicted octanol–water partition coefficient (Wildman–Crippen LogP) is 4.94. The van der Waals surface area contributed by atoms with Gasteiger partial charge in [-0.2, -0.15) is 0 Å². The van der Waals surface area contributed by atoms with Crippen LogP contribution >= 0.6 is 0 Å². The Balaban J connectivity index is 1.37. The average Bonchev–Trinajstić information content (AvgIpc) is 3.75. The van der Waals surface area contributed by atoms with E-state index >= 15 is 9.59 Å². The second kappa shape index (κ2) is 17.0. The molecule has 12 nitrogen and oxygen atoms in total. The Morgan fingerprint density at radius 3 is 1.18 bits per heavy atom. The molecule has 0 radical (unpaired) electrons. The molecule has 8 rings (SSSR count). The van der Waals surface area contributed by atoms with Gasteiger partial charge in [-0.1, -0.05) is 77.7 Å². The van der Waals surface area contributed by atoms with Crippen LogP contribution in [0.1, 0.15) is 159 Å². The Morgan fingerprint density at radius 1 is 0.530 bits per heavy atom. The van der Waals surface area contributed by atoms with E-state index in [4.69, 9.17) is 0 Å². The van der Waals surface area contributed by atoms with Gasteiger partial charge in [0.25, 0.3) is 0 Å². The third kappa shape index (κ3) is 7.40. The standard InChI is InChI=1S/C54H86O12/c1-25(2)11-17-39(61)53(9,65)37-15-13-27-41-43(47(63)29-19-31(55)33(57)21-51(29,7)45(41)35(59)23-49(27,37)5)44-42-28-14-16-38(54(10,66)40(62)18-12-26(3)4)50(28,6)24-36(60)46(42)52(8)22-34(58)32(56)20-30(52)48(44)64/h25-26,29-40,43-46,55-62,65-66H,11-24H2,1-10H3/t29-,30-,31+,32+,33-,34-,35+,36+,37-,38-,39+,40+,43-,44-,45-,46-,49-,50-,51-,52-,53+,54+/m0/s1. The molecule has 6 saturated carbocycles. The zero-order valence-corrected chi connectivity index (χ0v) is 41.6. The number of hydrogen-bond donors (Lipinski definition) is 10. The van der Waals surface area contributed by atoms with Crippen molar-refractivity contribution in [2.24, 2.45) is 80.8 Å². The van der Waals surface area contributed by atoms with Crippen LogP contribution in [0.25, 0.3) is 0 Å². The predicted molar refractivity (Wildman–Crippen MR) is 248 cm³/mol.